The number of para-hydroxylation sites is 2. The molecule has 1 unspecified atom stereocenters. The molecule has 4 rings (SSSR count). The van der Waals surface area contributed by atoms with Gasteiger partial charge in [-0.25, -0.2) is 4.39 Å². The van der Waals surface area contributed by atoms with Crippen LogP contribution in [0.2, 0.25) is 5.15 Å². The monoisotopic (exact) mass is 441 g/mol. The number of anilines is 3. The predicted molar refractivity (Wildman–Crippen MR) is 117 cm³/mol. The van der Waals surface area contributed by atoms with Crippen molar-refractivity contribution in [3.63, 3.8) is 0 Å². The third-order valence-electron chi connectivity index (χ3n) is 5.22. The Hall–Kier alpha value is -3.39. The molecule has 2 heterocycles. The van der Waals surface area contributed by atoms with E-state index in [-0.39, 0.29) is 29.6 Å². The highest BCUT2D eigenvalue weighted by Gasteiger charge is 2.34. The Balaban J connectivity index is 1.83. The maximum absolute atomic E-state index is 14.6. The maximum atomic E-state index is 14.6. The zero-order chi connectivity index (χ0) is 22.1. The molecule has 1 aliphatic rings. The molecule has 2 N–H and O–H groups in total. The number of hydrogen-bond donors (Lipinski definition) is 2. The molecule has 0 bridgehead atoms. The van der Waals surface area contributed by atoms with Crippen LogP contribution >= 0.6 is 11.6 Å². The summed E-state index contributed by atoms with van der Waals surface area (Å²) in [7, 11) is 1.75. The van der Waals surface area contributed by atoms with Gasteiger partial charge in [-0.15, -0.1) is 0 Å². The van der Waals surface area contributed by atoms with Crippen molar-refractivity contribution in [3.05, 3.63) is 70.6 Å². The van der Waals surface area contributed by atoms with E-state index in [0.29, 0.717) is 22.8 Å². The van der Waals surface area contributed by atoms with Crippen LogP contribution < -0.4 is 15.5 Å². The summed E-state index contributed by atoms with van der Waals surface area (Å²) in [6.45, 7) is 1.78. The van der Waals surface area contributed by atoms with Gasteiger partial charge in [0.05, 0.1) is 23.5 Å². The van der Waals surface area contributed by atoms with Crippen LogP contribution in [-0.4, -0.2) is 21.6 Å². The first-order valence-electron chi connectivity index (χ1n) is 9.83. The lowest BCUT2D eigenvalue weighted by atomic mass is 10.0. The number of rotatable bonds is 4. The molecular formula is C22H21ClFN5O2. The molecule has 3 aromatic rings. The summed E-state index contributed by atoms with van der Waals surface area (Å²) in [5.41, 5.74) is 1.99. The van der Waals surface area contributed by atoms with Gasteiger partial charge in [0.25, 0.3) is 5.91 Å². The van der Waals surface area contributed by atoms with Crippen LogP contribution in [-0.2, 0) is 23.2 Å². The van der Waals surface area contributed by atoms with E-state index in [9.17, 15) is 14.0 Å². The minimum atomic E-state index is -1.20. The highest BCUT2D eigenvalue weighted by molar-refractivity contribution is 6.30. The molecule has 9 heteroatoms. The molecule has 1 atom stereocenters. The van der Waals surface area contributed by atoms with Crippen molar-refractivity contribution in [3.8, 4) is 0 Å². The number of nitrogens with one attached hydrogen (secondary N) is 2. The minimum absolute atomic E-state index is 0.0986. The maximum Gasteiger partial charge on any atom is 0.254 e. The van der Waals surface area contributed by atoms with Crippen LogP contribution in [0.1, 0.15) is 30.5 Å². The van der Waals surface area contributed by atoms with Gasteiger partial charge in [-0.2, -0.15) is 5.10 Å². The van der Waals surface area contributed by atoms with E-state index in [2.05, 4.69) is 15.7 Å². The zero-order valence-electron chi connectivity index (χ0n) is 17.0. The van der Waals surface area contributed by atoms with E-state index in [1.807, 2.05) is 12.1 Å². The van der Waals surface area contributed by atoms with Crippen LogP contribution in [0.25, 0.3) is 0 Å². The molecule has 31 heavy (non-hydrogen) atoms. The second kappa shape index (κ2) is 8.39. The van der Waals surface area contributed by atoms with Crippen molar-refractivity contribution in [2.45, 2.75) is 25.9 Å². The molecule has 0 aliphatic carbocycles. The molecular weight excluding hydrogens is 421 g/mol. The summed E-state index contributed by atoms with van der Waals surface area (Å²) in [6.07, 6.45) is 0.162. The van der Waals surface area contributed by atoms with Gasteiger partial charge in [-0.3, -0.25) is 14.3 Å². The van der Waals surface area contributed by atoms with Gasteiger partial charge in [0.1, 0.15) is 17.7 Å². The van der Waals surface area contributed by atoms with Crippen LogP contribution in [0.4, 0.5) is 21.6 Å². The first-order chi connectivity index (χ1) is 14.9. The van der Waals surface area contributed by atoms with Gasteiger partial charge in [-0.05, 0) is 18.2 Å². The third-order valence-corrected chi connectivity index (χ3v) is 5.52. The van der Waals surface area contributed by atoms with Crippen molar-refractivity contribution >= 4 is 40.6 Å². The molecule has 0 saturated heterocycles. The fourth-order valence-electron chi connectivity index (χ4n) is 3.61. The Bertz CT molecular complexity index is 1160. The number of fused-ring (bicyclic) bond motifs is 2. The van der Waals surface area contributed by atoms with Crippen LogP contribution in [0.3, 0.4) is 0 Å². The van der Waals surface area contributed by atoms with Gasteiger partial charge >= 0.3 is 0 Å². The van der Waals surface area contributed by atoms with E-state index in [1.54, 1.807) is 36.9 Å². The minimum Gasteiger partial charge on any atom is -0.340 e. The molecule has 0 spiro atoms. The first-order valence-corrected chi connectivity index (χ1v) is 10.2. The van der Waals surface area contributed by atoms with E-state index in [1.165, 1.54) is 23.1 Å². The summed E-state index contributed by atoms with van der Waals surface area (Å²) >= 11 is 6.34. The van der Waals surface area contributed by atoms with Crippen LogP contribution in [0, 0.1) is 5.82 Å². The molecule has 160 valence electrons. The first kappa shape index (κ1) is 20.9. The largest absolute Gasteiger partial charge is 0.340 e. The highest BCUT2D eigenvalue weighted by atomic mass is 35.5. The average molecular weight is 442 g/mol. The van der Waals surface area contributed by atoms with E-state index in [0.717, 1.165) is 0 Å². The summed E-state index contributed by atoms with van der Waals surface area (Å²) in [4.78, 5) is 27.5. The zero-order valence-corrected chi connectivity index (χ0v) is 17.8. The van der Waals surface area contributed by atoms with Crippen LogP contribution in [0.15, 0.2) is 48.5 Å². The SMILES string of the molecule is CCC(=O)NC(C(=O)N1Cc2c(Cl)nn(C)c2Nc2ccccc21)c1ccccc1F. The molecule has 7 nitrogen and oxygen atoms in total. The van der Waals surface area contributed by atoms with Gasteiger partial charge in [0.2, 0.25) is 5.91 Å². The Morgan fingerprint density at radius 1 is 1.23 bits per heavy atom. The van der Waals surface area contributed by atoms with Gasteiger partial charge < -0.3 is 15.5 Å². The number of carbonyl (C=O) groups excluding carboxylic acids is 2. The summed E-state index contributed by atoms with van der Waals surface area (Å²) < 4.78 is 16.2. The molecule has 2 aromatic carbocycles. The second-order valence-corrected chi connectivity index (χ2v) is 7.54. The lowest BCUT2D eigenvalue weighted by Gasteiger charge is -2.28. The smallest absolute Gasteiger partial charge is 0.254 e. The van der Waals surface area contributed by atoms with E-state index < -0.39 is 17.8 Å². The molecule has 0 saturated carbocycles. The molecule has 1 aromatic heterocycles. The number of nitrogens with zero attached hydrogens (tertiary/aromatic N) is 3. The molecule has 0 radical (unpaired) electrons. The summed E-state index contributed by atoms with van der Waals surface area (Å²) in [6, 6.07) is 12.0. The number of aromatic nitrogens is 2. The number of hydrogen-bond acceptors (Lipinski definition) is 4. The number of amides is 2. The summed E-state index contributed by atoms with van der Waals surface area (Å²) in [5.74, 6) is -0.747. The standard InChI is InChI=1S/C22H21ClFN5O2/c1-3-18(30)26-19(13-8-4-5-9-15(13)24)22(31)29-12-14-20(23)27-28(2)21(14)25-16-10-6-7-11-17(16)29/h4-11,19,25H,3,12H2,1-2H3,(H,26,30). The van der Waals surface area contributed by atoms with E-state index in [4.69, 9.17) is 11.6 Å². The van der Waals surface area contributed by atoms with E-state index >= 15 is 0 Å². The van der Waals surface area contributed by atoms with Crippen molar-refractivity contribution in [2.24, 2.45) is 7.05 Å². The Kier molecular flexibility index (Phi) is 5.65. The fraction of sp³-hybridized carbons (Fsp3) is 0.227. The number of benzene rings is 2. The lowest BCUT2D eigenvalue weighted by Crippen LogP contribution is -2.43. The average Bonchev–Trinajstić information content (AvgIpc) is 2.93. The fourth-order valence-corrected chi connectivity index (χ4v) is 3.88. The molecule has 0 fully saturated rings. The summed E-state index contributed by atoms with van der Waals surface area (Å²) in [5, 5.41) is 10.4. The Morgan fingerprint density at radius 3 is 2.68 bits per heavy atom. The predicted octanol–water partition coefficient (Wildman–Crippen LogP) is 4.07. The van der Waals surface area contributed by atoms with Crippen molar-refractivity contribution < 1.29 is 14.0 Å². The highest BCUT2D eigenvalue weighted by Crippen LogP contribution is 2.39. The van der Waals surface area contributed by atoms with Crippen molar-refractivity contribution in [2.75, 3.05) is 10.2 Å². The van der Waals surface area contributed by atoms with Gasteiger partial charge in [0.15, 0.2) is 5.15 Å². The number of aryl methyl sites for hydroxylation is 1. The second-order valence-electron chi connectivity index (χ2n) is 7.18. The van der Waals surface area contributed by atoms with Crippen molar-refractivity contribution in [1.29, 1.82) is 0 Å². The third kappa shape index (κ3) is 3.86. The molecule has 1 aliphatic heterocycles. The Morgan fingerprint density at radius 2 is 1.94 bits per heavy atom. The quantitative estimate of drug-likeness (QED) is 0.639. The normalized spacial score (nSPS) is 13.5. The van der Waals surface area contributed by atoms with Crippen molar-refractivity contribution in [1.82, 2.24) is 15.1 Å². The van der Waals surface area contributed by atoms with Gasteiger partial charge in [0, 0.05) is 19.0 Å². The van der Waals surface area contributed by atoms with Gasteiger partial charge in [-0.1, -0.05) is 48.9 Å². The Labute approximate surface area is 183 Å². The number of halogens is 2. The molecule has 2 amide bonds. The van der Waals surface area contributed by atoms with Crippen LogP contribution in [0.5, 0.6) is 0 Å². The lowest BCUT2D eigenvalue weighted by molar-refractivity contribution is -0.127. The topological polar surface area (TPSA) is 79.3 Å². The number of carbonyl (C=O) groups is 2.